The summed E-state index contributed by atoms with van der Waals surface area (Å²) in [6.45, 7) is 6.95. The van der Waals surface area contributed by atoms with E-state index in [1.54, 1.807) is 64.1 Å². The molecule has 0 aliphatic carbocycles. The van der Waals surface area contributed by atoms with Crippen LogP contribution in [0.25, 0.3) is 10.8 Å². The first-order valence-electron chi connectivity index (χ1n) is 9.06. The summed E-state index contributed by atoms with van der Waals surface area (Å²) in [5.41, 5.74) is 3.05. The molecule has 0 unspecified atom stereocenters. The van der Waals surface area contributed by atoms with Crippen molar-refractivity contribution in [2.24, 2.45) is 0 Å². The van der Waals surface area contributed by atoms with E-state index in [0.717, 1.165) is 16.5 Å². The Morgan fingerprint density at radius 2 is 1.28 bits per heavy atom. The molecule has 0 radical (unpaired) electrons. The minimum Gasteiger partial charge on any atom is -0.266 e. The predicted molar refractivity (Wildman–Crippen MR) is 108 cm³/mol. The molecule has 3 aromatic carbocycles. The molecule has 4 rings (SSSR count). The fraction of sp³-hybridized carbons (Fsp3) is 0.182. The average Bonchev–Trinajstić information content (AvgIpc) is 2.67. The summed E-state index contributed by atoms with van der Waals surface area (Å²) in [7, 11) is -4.42. The van der Waals surface area contributed by atoms with Crippen LogP contribution in [0.15, 0.2) is 47.4 Å². The number of carbonyl (C=O) groups is 2. The lowest BCUT2D eigenvalue weighted by atomic mass is 9.95. The summed E-state index contributed by atoms with van der Waals surface area (Å²) in [5, 5.41) is 1.58. The number of benzene rings is 3. The first kappa shape index (κ1) is 19.3. The highest BCUT2D eigenvalue weighted by Crippen LogP contribution is 2.33. The zero-order valence-corrected chi connectivity index (χ0v) is 17.3. The number of hydrogen-bond donors (Lipinski definition) is 0. The first-order valence-corrected chi connectivity index (χ1v) is 10.5. The van der Waals surface area contributed by atoms with E-state index in [1.165, 1.54) is 0 Å². The summed E-state index contributed by atoms with van der Waals surface area (Å²) in [5.74, 6) is -1.61. The van der Waals surface area contributed by atoms with Crippen molar-refractivity contribution in [3.8, 4) is 0 Å². The van der Waals surface area contributed by atoms with Crippen molar-refractivity contribution >= 4 is 32.7 Å². The van der Waals surface area contributed by atoms with E-state index in [4.69, 9.17) is 4.28 Å². The third-order valence-corrected chi connectivity index (χ3v) is 6.91. The van der Waals surface area contributed by atoms with E-state index in [2.05, 4.69) is 0 Å². The maximum atomic E-state index is 13.1. The fourth-order valence-corrected chi connectivity index (χ4v) is 5.25. The molecule has 0 saturated carbocycles. The van der Waals surface area contributed by atoms with Crippen molar-refractivity contribution in [2.75, 3.05) is 0 Å². The predicted octanol–water partition coefficient (Wildman–Crippen LogP) is 3.99. The number of amides is 2. The molecular weight excluding hydrogens is 390 g/mol. The Morgan fingerprint density at radius 3 is 1.76 bits per heavy atom. The Morgan fingerprint density at radius 1 is 0.793 bits per heavy atom. The van der Waals surface area contributed by atoms with Crippen molar-refractivity contribution in [2.45, 2.75) is 32.6 Å². The molecule has 6 nitrogen and oxygen atoms in total. The van der Waals surface area contributed by atoms with Crippen LogP contribution in [0.4, 0.5) is 0 Å². The lowest BCUT2D eigenvalue weighted by molar-refractivity contribution is -0.0155. The largest absolute Gasteiger partial charge is 0.318 e. The van der Waals surface area contributed by atoms with E-state index >= 15 is 0 Å². The molecule has 0 saturated heterocycles. The molecule has 3 aromatic rings. The van der Waals surface area contributed by atoms with Crippen molar-refractivity contribution in [1.29, 1.82) is 0 Å². The molecule has 1 aliphatic rings. The zero-order chi connectivity index (χ0) is 21.1. The second-order valence-corrected chi connectivity index (χ2v) is 8.70. The van der Waals surface area contributed by atoms with Gasteiger partial charge in [-0.05, 0) is 67.5 Å². The van der Waals surface area contributed by atoms with Crippen molar-refractivity contribution in [1.82, 2.24) is 5.06 Å². The topological polar surface area (TPSA) is 80.8 Å². The summed E-state index contributed by atoms with van der Waals surface area (Å²) >= 11 is 0. The molecule has 148 valence electrons. The Labute approximate surface area is 168 Å². The molecular formula is C22H19NO5S. The van der Waals surface area contributed by atoms with Crippen LogP contribution in [-0.4, -0.2) is 25.3 Å². The summed E-state index contributed by atoms with van der Waals surface area (Å²) in [6, 6.07) is 11.9. The quantitative estimate of drug-likeness (QED) is 0.611. The van der Waals surface area contributed by atoms with Crippen LogP contribution in [0.5, 0.6) is 0 Å². The number of nitrogens with zero attached hydrogens (tertiary/aromatic N) is 1. The normalized spacial score (nSPS) is 14.0. The standard InChI is InChI=1S/C22H19NO5S/c1-12-11-13(2)15(4)20(14(12)3)29(26,27)28-23-21(24)17-9-5-7-16-8-6-10-18(19(16)17)22(23)25/h5-11H,1-4H3. The zero-order valence-electron chi connectivity index (χ0n) is 16.4. The summed E-state index contributed by atoms with van der Waals surface area (Å²) in [6.07, 6.45) is 0. The number of carbonyl (C=O) groups excluding carboxylic acids is 2. The highest BCUT2D eigenvalue weighted by molar-refractivity contribution is 7.86. The third kappa shape index (κ3) is 2.85. The van der Waals surface area contributed by atoms with Crippen LogP contribution >= 0.6 is 0 Å². The fourth-order valence-electron chi connectivity index (χ4n) is 3.77. The lowest BCUT2D eigenvalue weighted by Gasteiger charge is -2.26. The van der Waals surface area contributed by atoms with Crippen LogP contribution in [-0.2, 0) is 14.4 Å². The third-order valence-electron chi connectivity index (χ3n) is 5.45. The molecule has 0 fully saturated rings. The van der Waals surface area contributed by atoms with Crippen LogP contribution in [0.1, 0.15) is 43.0 Å². The second-order valence-electron chi connectivity index (χ2n) is 7.23. The highest BCUT2D eigenvalue weighted by atomic mass is 32.2. The number of aryl methyl sites for hydroxylation is 2. The Kier molecular flexibility index (Phi) is 4.33. The molecule has 1 heterocycles. The minimum absolute atomic E-state index is 0.0207. The van der Waals surface area contributed by atoms with Gasteiger partial charge in [0, 0.05) is 5.39 Å². The van der Waals surface area contributed by atoms with Crippen LogP contribution in [0.3, 0.4) is 0 Å². The lowest BCUT2D eigenvalue weighted by Crippen LogP contribution is -2.42. The first-order chi connectivity index (χ1) is 13.6. The molecule has 1 aliphatic heterocycles. The van der Waals surface area contributed by atoms with Gasteiger partial charge in [0.1, 0.15) is 4.90 Å². The van der Waals surface area contributed by atoms with Gasteiger partial charge < -0.3 is 0 Å². The molecule has 0 atom stereocenters. The maximum Gasteiger partial charge on any atom is 0.318 e. The summed E-state index contributed by atoms with van der Waals surface area (Å²) < 4.78 is 31.4. The molecule has 2 amide bonds. The summed E-state index contributed by atoms with van der Waals surface area (Å²) in [4.78, 5) is 25.9. The minimum atomic E-state index is -4.42. The van der Waals surface area contributed by atoms with Gasteiger partial charge in [-0.25, -0.2) is 0 Å². The van der Waals surface area contributed by atoms with Gasteiger partial charge in [0.15, 0.2) is 0 Å². The molecule has 0 spiro atoms. The number of rotatable bonds is 3. The average molecular weight is 409 g/mol. The van der Waals surface area contributed by atoms with Gasteiger partial charge in [-0.15, -0.1) is 9.35 Å². The van der Waals surface area contributed by atoms with Gasteiger partial charge >= 0.3 is 10.1 Å². The molecule has 7 heteroatoms. The number of imide groups is 1. The van der Waals surface area contributed by atoms with Crippen LogP contribution in [0, 0.1) is 27.7 Å². The Balaban J connectivity index is 1.84. The monoisotopic (exact) mass is 409 g/mol. The molecule has 0 bridgehead atoms. The van der Waals surface area contributed by atoms with Crippen LogP contribution < -0.4 is 0 Å². The molecule has 29 heavy (non-hydrogen) atoms. The van der Waals surface area contributed by atoms with E-state index in [1.807, 2.05) is 6.07 Å². The second kappa shape index (κ2) is 6.50. The van der Waals surface area contributed by atoms with E-state index < -0.39 is 21.9 Å². The van der Waals surface area contributed by atoms with Gasteiger partial charge in [0.05, 0.1) is 11.1 Å². The van der Waals surface area contributed by atoms with E-state index in [0.29, 0.717) is 21.6 Å². The van der Waals surface area contributed by atoms with Gasteiger partial charge in [0.2, 0.25) is 0 Å². The number of hydrogen-bond acceptors (Lipinski definition) is 5. The van der Waals surface area contributed by atoms with Crippen molar-refractivity contribution < 1.29 is 22.3 Å². The van der Waals surface area contributed by atoms with E-state index in [9.17, 15) is 18.0 Å². The highest BCUT2D eigenvalue weighted by Gasteiger charge is 2.38. The maximum absolute atomic E-state index is 13.1. The number of hydroxylamine groups is 2. The Hall–Kier alpha value is -3.03. The van der Waals surface area contributed by atoms with Crippen molar-refractivity contribution in [3.63, 3.8) is 0 Å². The van der Waals surface area contributed by atoms with E-state index in [-0.39, 0.29) is 16.0 Å². The smallest absolute Gasteiger partial charge is 0.266 e. The molecule has 0 aromatic heterocycles. The van der Waals surface area contributed by atoms with Gasteiger partial charge in [0.25, 0.3) is 11.8 Å². The van der Waals surface area contributed by atoms with Crippen molar-refractivity contribution in [3.05, 3.63) is 75.8 Å². The Bertz CT molecular complexity index is 1250. The van der Waals surface area contributed by atoms with Crippen LogP contribution in [0.2, 0.25) is 0 Å². The SMILES string of the molecule is Cc1cc(C)c(C)c(S(=O)(=O)ON2C(=O)c3cccc4cccc(c34)C2=O)c1C. The van der Waals surface area contributed by atoms with Gasteiger partial charge in [-0.2, -0.15) is 8.42 Å². The van der Waals surface area contributed by atoms with Gasteiger partial charge in [-0.3, -0.25) is 9.59 Å². The van der Waals surface area contributed by atoms with Gasteiger partial charge in [-0.1, -0.05) is 30.3 Å². The molecule has 0 N–H and O–H groups in total.